The molecule has 0 saturated heterocycles. The van der Waals surface area contributed by atoms with E-state index in [1.54, 1.807) is 0 Å². The van der Waals surface area contributed by atoms with Crippen molar-refractivity contribution in [1.29, 1.82) is 0 Å². The fourth-order valence-corrected chi connectivity index (χ4v) is 2.15. The lowest BCUT2D eigenvalue weighted by Gasteiger charge is -2.06. The molecule has 8 heteroatoms. The summed E-state index contributed by atoms with van der Waals surface area (Å²) in [5, 5.41) is 12.6. The second-order valence-electron chi connectivity index (χ2n) is 5.52. The number of carbonyl (C=O) groups excluding carboxylic acids is 1. The highest BCUT2D eigenvalue weighted by Crippen LogP contribution is 2.38. The van der Waals surface area contributed by atoms with Gasteiger partial charge in [-0.2, -0.15) is 4.98 Å². The number of hydrogen-bond acceptors (Lipinski definition) is 6. The molecule has 1 saturated carbocycles. The fraction of sp³-hybridized carbons (Fsp3) is 0.500. The summed E-state index contributed by atoms with van der Waals surface area (Å²) in [6, 6.07) is 1.90. The van der Waals surface area contributed by atoms with E-state index in [1.807, 2.05) is 19.9 Å². The van der Waals surface area contributed by atoms with Crippen molar-refractivity contribution in [2.45, 2.75) is 39.0 Å². The van der Waals surface area contributed by atoms with Gasteiger partial charge < -0.3 is 5.32 Å². The molecule has 3 rings (SSSR count). The number of aryl methyl sites for hydroxylation is 2. The van der Waals surface area contributed by atoms with Gasteiger partial charge in [-0.3, -0.25) is 15.2 Å². The molecule has 2 aromatic rings. The Bertz CT molecular complexity index is 657. The van der Waals surface area contributed by atoms with Crippen LogP contribution in [0.5, 0.6) is 0 Å². The molecule has 1 amide bonds. The van der Waals surface area contributed by atoms with Gasteiger partial charge in [-0.1, -0.05) is 0 Å². The number of amides is 1. The van der Waals surface area contributed by atoms with Gasteiger partial charge in [0.15, 0.2) is 0 Å². The van der Waals surface area contributed by atoms with Crippen molar-refractivity contribution in [1.82, 2.24) is 25.1 Å². The molecule has 3 N–H and O–H groups in total. The van der Waals surface area contributed by atoms with E-state index in [2.05, 4.69) is 35.8 Å². The molecule has 0 aliphatic heterocycles. The zero-order valence-corrected chi connectivity index (χ0v) is 12.7. The molecule has 2 aromatic heterocycles. The molecular formula is C14H19N7O. The first-order valence-corrected chi connectivity index (χ1v) is 7.38. The summed E-state index contributed by atoms with van der Waals surface area (Å²) >= 11 is 0. The van der Waals surface area contributed by atoms with E-state index in [0.29, 0.717) is 30.8 Å². The van der Waals surface area contributed by atoms with Crippen LogP contribution in [0.25, 0.3) is 0 Å². The maximum Gasteiger partial charge on any atom is 0.248 e. The minimum atomic E-state index is -0.141. The van der Waals surface area contributed by atoms with Crippen LogP contribution in [0.3, 0.4) is 0 Å². The topological polar surface area (TPSA) is 108 Å². The molecule has 8 nitrogen and oxygen atoms in total. The van der Waals surface area contributed by atoms with Crippen LogP contribution in [0, 0.1) is 13.8 Å². The van der Waals surface area contributed by atoms with Gasteiger partial charge in [-0.05, 0) is 32.8 Å². The Morgan fingerprint density at radius 3 is 2.64 bits per heavy atom. The van der Waals surface area contributed by atoms with Crippen LogP contribution in [0.2, 0.25) is 0 Å². The number of anilines is 2. The number of nitrogens with zero attached hydrogens (tertiary/aromatic N) is 4. The van der Waals surface area contributed by atoms with E-state index in [9.17, 15) is 4.79 Å². The Hall–Kier alpha value is -2.51. The average molecular weight is 301 g/mol. The summed E-state index contributed by atoms with van der Waals surface area (Å²) in [6.07, 6.45) is 2.58. The smallest absolute Gasteiger partial charge is 0.248 e. The molecule has 0 radical (unpaired) electrons. The Morgan fingerprint density at radius 1 is 1.23 bits per heavy atom. The van der Waals surface area contributed by atoms with Gasteiger partial charge in [0.25, 0.3) is 0 Å². The third kappa shape index (κ3) is 3.78. The summed E-state index contributed by atoms with van der Waals surface area (Å²) in [5.41, 5.74) is 1.79. The van der Waals surface area contributed by atoms with E-state index < -0.39 is 0 Å². The second-order valence-corrected chi connectivity index (χ2v) is 5.52. The van der Waals surface area contributed by atoms with Crippen LogP contribution in [-0.4, -0.2) is 37.6 Å². The maximum absolute atomic E-state index is 11.8. The highest BCUT2D eigenvalue weighted by Gasteiger charge is 2.27. The number of nitrogens with one attached hydrogen (secondary N) is 3. The highest BCUT2D eigenvalue weighted by molar-refractivity contribution is 5.89. The lowest BCUT2D eigenvalue weighted by molar-refractivity contribution is -0.116. The molecule has 0 aromatic carbocycles. The van der Waals surface area contributed by atoms with Crippen molar-refractivity contribution in [3.05, 3.63) is 23.3 Å². The zero-order valence-electron chi connectivity index (χ0n) is 12.7. The largest absolute Gasteiger partial charge is 0.354 e. The van der Waals surface area contributed by atoms with Crippen LogP contribution in [0.15, 0.2) is 6.07 Å². The highest BCUT2D eigenvalue weighted by atomic mass is 16.1. The Labute approximate surface area is 128 Å². The minimum Gasteiger partial charge on any atom is -0.354 e. The lowest BCUT2D eigenvalue weighted by atomic mass is 10.3. The maximum atomic E-state index is 11.8. The Kier molecular flexibility index (Phi) is 3.99. The standard InChI is InChI=1S/C14H19N7O/c1-8-7-9(2)17-13(16-8)15-6-5-11(22)18-14-19-12(20-21-14)10-3-4-10/h7,10H,3-6H2,1-2H3,(H,15,16,17)(H2,18,19,20,21,22). The summed E-state index contributed by atoms with van der Waals surface area (Å²) in [7, 11) is 0. The second kappa shape index (κ2) is 6.08. The Balaban J connectivity index is 1.45. The molecule has 22 heavy (non-hydrogen) atoms. The number of H-pyrrole nitrogens is 1. The third-order valence-electron chi connectivity index (χ3n) is 3.34. The average Bonchev–Trinajstić information content (AvgIpc) is 3.19. The Morgan fingerprint density at radius 2 is 1.95 bits per heavy atom. The quantitative estimate of drug-likeness (QED) is 0.746. The van der Waals surface area contributed by atoms with Gasteiger partial charge in [0.1, 0.15) is 5.82 Å². The predicted octanol–water partition coefficient (Wildman–Crippen LogP) is 1.53. The molecular weight excluding hydrogens is 282 g/mol. The molecule has 1 aliphatic rings. The van der Waals surface area contributed by atoms with E-state index in [0.717, 1.165) is 30.1 Å². The van der Waals surface area contributed by atoms with Gasteiger partial charge in [-0.25, -0.2) is 9.97 Å². The van der Waals surface area contributed by atoms with Crippen molar-refractivity contribution in [3.8, 4) is 0 Å². The molecule has 0 spiro atoms. The van der Waals surface area contributed by atoms with E-state index in [-0.39, 0.29) is 5.91 Å². The van der Waals surface area contributed by atoms with Crippen molar-refractivity contribution in [2.24, 2.45) is 0 Å². The normalized spacial score (nSPS) is 13.9. The predicted molar refractivity (Wildman–Crippen MR) is 81.6 cm³/mol. The summed E-state index contributed by atoms with van der Waals surface area (Å²) in [6.45, 7) is 4.27. The summed E-state index contributed by atoms with van der Waals surface area (Å²) in [5.74, 6) is 2.09. The number of aromatic amines is 1. The van der Waals surface area contributed by atoms with Crippen LogP contribution in [-0.2, 0) is 4.79 Å². The molecule has 1 fully saturated rings. The number of carbonyl (C=O) groups is 1. The molecule has 2 heterocycles. The monoisotopic (exact) mass is 301 g/mol. The number of hydrogen-bond donors (Lipinski definition) is 3. The van der Waals surface area contributed by atoms with Gasteiger partial charge >= 0.3 is 0 Å². The first-order chi connectivity index (χ1) is 10.6. The van der Waals surface area contributed by atoms with E-state index >= 15 is 0 Å². The summed E-state index contributed by atoms with van der Waals surface area (Å²) in [4.78, 5) is 24.6. The first-order valence-electron chi connectivity index (χ1n) is 7.38. The number of aromatic nitrogens is 5. The fourth-order valence-electron chi connectivity index (χ4n) is 2.15. The van der Waals surface area contributed by atoms with E-state index in [1.165, 1.54) is 0 Å². The van der Waals surface area contributed by atoms with Crippen LogP contribution in [0.1, 0.15) is 42.4 Å². The van der Waals surface area contributed by atoms with Gasteiger partial charge in [-0.15, -0.1) is 5.10 Å². The van der Waals surface area contributed by atoms with Gasteiger partial charge in [0, 0.05) is 30.3 Å². The van der Waals surface area contributed by atoms with Crippen molar-refractivity contribution in [2.75, 3.05) is 17.2 Å². The summed E-state index contributed by atoms with van der Waals surface area (Å²) < 4.78 is 0. The van der Waals surface area contributed by atoms with Crippen LogP contribution in [0.4, 0.5) is 11.9 Å². The van der Waals surface area contributed by atoms with Crippen molar-refractivity contribution in [3.63, 3.8) is 0 Å². The van der Waals surface area contributed by atoms with Crippen molar-refractivity contribution >= 4 is 17.8 Å². The molecule has 0 unspecified atom stereocenters. The van der Waals surface area contributed by atoms with E-state index in [4.69, 9.17) is 0 Å². The molecule has 0 atom stereocenters. The minimum absolute atomic E-state index is 0.141. The lowest BCUT2D eigenvalue weighted by Crippen LogP contribution is -2.18. The zero-order chi connectivity index (χ0) is 15.5. The van der Waals surface area contributed by atoms with Crippen LogP contribution < -0.4 is 10.6 Å². The first kappa shape index (κ1) is 14.4. The van der Waals surface area contributed by atoms with Gasteiger partial charge in [0.2, 0.25) is 17.8 Å². The van der Waals surface area contributed by atoms with Crippen LogP contribution >= 0.6 is 0 Å². The van der Waals surface area contributed by atoms with Crippen molar-refractivity contribution < 1.29 is 4.79 Å². The molecule has 1 aliphatic carbocycles. The third-order valence-corrected chi connectivity index (χ3v) is 3.34. The SMILES string of the molecule is Cc1cc(C)nc(NCCC(=O)Nc2n[nH]c(C3CC3)n2)n1. The number of rotatable bonds is 6. The molecule has 0 bridgehead atoms. The molecule has 116 valence electrons. The van der Waals surface area contributed by atoms with Gasteiger partial charge in [0.05, 0.1) is 0 Å².